The highest BCUT2D eigenvalue weighted by Crippen LogP contribution is 2.21. The fourth-order valence-corrected chi connectivity index (χ4v) is 3.31. The Morgan fingerprint density at radius 2 is 1.70 bits per heavy atom. The number of hydrogen-bond acceptors (Lipinski definition) is 2. The number of piperidine rings is 1. The molecule has 1 aliphatic heterocycles. The van der Waals surface area contributed by atoms with Crippen LogP contribution in [-0.4, -0.2) is 29.8 Å². The summed E-state index contributed by atoms with van der Waals surface area (Å²) >= 11 is 0. The van der Waals surface area contributed by atoms with Crippen LogP contribution in [0.25, 0.3) is 0 Å². The molecule has 3 rings (SSSR count). The molecule has 27 heavy (non-hydrogen) atoms. The maximum Gasteiger partial charge on any atom is 0.253 e. The molecule has 1 atom stereocenters. The monoisotopic (exact) mass is 372 g/mol. The van der Waals surface area contributed by atoms with Crippen molar-refractivity contribution in [1.29, 1.82) is 0 Å². The van der Waals surface area contributed by atoms with Crippen LogP contribution in [-0.2, 0) is 4.79 Å². The van der Waals surface area contributed by atoms with Crippen molar-refractivity contribution in [2.75, 3.05) is 13.1 Å². The number of rotatable bonds is 4. The summed E-state index contributed by atoms with van der Waals surface area (Å²) in [6, 6.07) is 12.8. The van der Waals surface area contributed by atoms with Gasteiger partial charge in [-0.25, -0.2) is 8.78 Å². The lowest BCUT2D eigenvalue weighted by Crippen LogP contribution is -2.43. The number of carbonyl (C=O) groups excluding carboxylic acids is 2. The quantitative estimate of drug-likeness (QED) is 0.890. The van der Waals surface area contributed by atoms with Gasteiger partial charge in [0.15, 0.2) is 11.6 Å². The first-order valence-corrected chi connectivity index (χ1v) is 9.05. The highest BCUT2D eigenvalue weighted by Gasteiger charge is 2.28. The summed E-state index contributed by atoms with van der Waals surface area (Å²) in [5, 5.41) is 3.02. The zero-order valence-corrected chi connectivity index (χ0v) is 15.1. The van der Waals surface area contributed by atoms with Crippen molar-refractivity contribution < 1.29 is 18.4 Å². The zero-order valence-electron chi connectivity index (χ0n) is 15.1. The molecular formula is C21H22F2N2O2. The van der Waals surface area contributed by atoms with Gasteiger partial charge >= 0.3 is 0 Å². The Kier molecular flexibility index (Phi) is 5.84. The van der Waals surface area contributed by atoms with E-state index in [9.17, 15) is 18.4 Å². The molecule has 2 aromatic carbocycles. The lowest BCUT2D eigenvalue weighted by molar-refractivity contribution is -0.126. The lowest BCUT2D eigenvalue weighted by atomic mass is 9.94. The molecular weight excluding hydrogens is 350 g/mol. The molecule has 6 heteroatoms. The van der Waals surface area contributed by atoms with Crippen LogP contribution in [0.1, 0.15) is 41.7 Å². The molecule has 1 N–H and O–H groups in total. The molecule has 0 aliphatic carbocycles. The van der Waals surface area contributed by atoms with Crippen LogP contribution >= 0.6 is 0 Å². The van der Waals surface area contributed by atoms with Gasteiger partial charge in [0.2, 0.25) is 5.91 Å². The molecule has 1 unspecified atom stereocenters. The van der Waals surface area contributed by atoms with E-state index in [4.69, 9.17) is 0 Å². The number of nitrogens with zero attached hydrogens (tertiary/aromatic N) is 1. The first kappa shape index (κ1) is 19.0. The van der Waals surface area contributed by atoms with Crippen LogP contribution in [0.4, 0.5) is 8.78 Å². The summed E-state index contributed by atoms with van der Waals surface area (Å²) < 4.78 is 26.4. The van der Waals surface area contributed by atoms with Crippen molar-refractivity contribution in [2.45, 2.75) is 25.8 Å². The Bertz CT molecular complexity index is 818. The van der Waals surface area contributed by atoms with E-state index >= 15 is 0 Å². The van der Waals surface area contributed by atoms with E-state index in [0.29, 0.717) is 25.9 Å². The van der Waals surface area contributed by atoms with E-state index in [1.54, 1.807) is 4.90 Å². The predicted molar refractivity (Wildman–Crippen MR) is 98.0 cm³/mol. The van der Waals surface area contributed by atoms with Gasteiger partial charge in [0.25, 0.3) is 5.91 Å². The van der Waals surface area contributed by atoms with Crippen LogP contribution in [0.5, 0.6) is 0 Å². The van der Waals surface area contributed by atoms with Gasteiger partial charge in [-0.15, -0.1) is 0 Å². The second kappa shape index (κ2) is 8.29. The molecule has 0 bridgehead atoms. The Morgan fingerprint density at radius 3 is 2.33 bits per heavy atom. The standard InChI is InChI=1S/C21H22F2N2O2/c1-14(15-5-3-2-4-6-15)24-20(26)16-9-11-25(12-10-16)21(27)17-7-8-18(22)19(23)13-17/h2-8,13-14,16H,9-12H2,1H3,(H,24,26). The third kappa shape index (κ3) is 4.51. The topological polar surface area (TPSA) is 49.4 Å². The van der Waals surface area contributed by atoms with Crippen molar-refractivity contribution in [2.24, 2.45) is 5.92 Å². The first-order chi connectivity index (χ1) is 13.0. The molecule has 4 nitrogen and oxygen atoms in total. The van der Waals surface area contributed by atoms with E-state index in [-0.39, 0.29) is 29.3 Å². The molecule has 0 saturated carbocycles. The van der Waals surface area contributed by atoms with Crippen LogP contribution in [0.3, 0.4) is 0 Å². The molecule has 0 aromatic heterocycles. The molecule has 2 amide bonds. The summed E-state index contributed by atoms with van der Waals surface area (Å²) in [5.74, 6) is -2.54. The minimum Gasteiger partial charge on any atom is -0.349 e. The van der Waals surface area contributed by atoms with E-state index < -0.39 is 11.6 Å². The van der Waals surface area contributed by atoms with E-state index in [1.165, 1.54) is 6.07 Å². The van der Waals surface area contributed by atoms with Crippen LogP contribution in [0.2, 0.25) is 0 Å². The summed E-state index contributed by atoms with van der Waals surface area (Å²) in [4.78, 5) is 26.5. The number of likely N-dealkylation sites (tertiary alicyclic amines) is 1. The normalized spacial score (nSPS) is 16.0. The van der Waals surface area contributed by atoms with Gasteiger partial charge in [-0.2, -0.15) is 0 Å². The third-order valence-electron chi connectivity index (χ3n) is 4.98. The number of nitrogens with one attached hydrogen (secondary N) is 1. The van der Waals surface area contributed by atoms with Crippen LogP contribution in [0.15, 0.2) is 48.5 Å². The van der Waals surface area contributed by atoms with E-state index in [1.807, 2.05) is 37.3 Å². The van der Waals surface area contributed by atoms with Gasteiger partial charge in [0.05, 0.1) is 6.04 Å². The third-order valence-corrected chi connectivity index (χ3v) is 4.98. The largest absolute Gasteiger partial charge is 0.349 e. The van der Waals surface area contributed by atoms with E-state index in [0.717, 1.165) is 17.7 Å². The first-order valence-electron chi connectivity index (χ1n) is 9.05. The maximum atomic E-state index is 13.3. The summed E-state index contributed by atoms with van der Waals surface area (Å²) in [7, 11) is 0. The number of halogens is 2. The fraction of sp³-hybridized carbons (Fsp3) is 0.333. The Balaban J connectivity index is 1.54. The number of hydrogen-bond donors (Lipinski definition) is 1. The van der Waals surface area contributed by atoms with Gasteiger partial charge < -0.3 is 10.2 Å². The highest BCUT2D eigenvalue weighted by molar-refractivity contribution is 5.94. The second-order valence-corrected chi connectivity index (χ2v) is 6.84. The molecule has 2 aromatic rings. The van der Waals surface area contributed by atoms with Crippen molar-refractivity contribution >= 4 is 11.8 Å². The summed E-state index contributed by atoms with van der Waals surface area (Å²) in [6.45, 7) is 2.76. The average Bonchev–Trinajstić information content (AvgIpc) is 2.70. The highest BCUT2D eigenvalue weighted by atomic mass is 19.2. The molecule has 0 spiro atoms. The van der Waals surface area contributed by atoms with Crippen molar-refractivity contribution in [1.82, 2.24) is 10.2 Å². The van der Waals surface area contributed by atoms with Gasteiger partial charge in [0, 0.05) is 24.6 Å². The van der Waals surface area contributed by atoms with Gasteiger partial charge in [-0.1, -0.05) is 30.3 Å². The smallest absolute Gasteiger partial charge is 0.253 e. The van der Waals surface area contributed by atoms with Crippen molar-refractivity contribution in [3.05, 3.63) is 71.3 Å². The maximum absolute atomic E-state index is 13.3. The summed E-state index contributed by atoms with van der Waals surface area (Å²) in [6.07, 6.45) is 1.09. The Labute approximate surface area is 157 Å². The average molecular weight is 372 g/mol. The molecule has 1 saturated heterocycles. The number of benzene rings is 2. The van der Waals surface area contributed by atoms with Crippen LogP contribution in [0, 0.1) is 17.6 Å². The molecule has 1 aliphatic rings. The number of carbonyl (C=O) groups is 2. The predicted octanol–water partition coefficient (Wildman–Crippen LogP) is 3.69. The lowest BCUT2D eigenvalue weighted by Gasteiger charge is -2.32. The fourth-order valence-electron chi connectivity index (χ4n) is 3.31. The Hall–Kier alpha value is -2.76. The minimum absolute atomic E-state index is 0.0220. The summed E-state index contributed by atoms with van der Waals surface area (Å²) in [5.41, 5.74) is 1.16. The van der Waals surface area contributed by atoms with E-state index in [2.05, 4.69) is 5.32 Å². The van der Waals surface area contributed by atoms with Gasteiger partial charge in [0.1, 0.15) is 0 Å². The molecule has 1 heterocycles. The molecule has 142 valence electrons. The van der Waals surface area contributed by atoms with Crippen molar-refractivity contribution in [3.8, 4) is 0 Å². The zero-order chi connectivity index (χ0) is 19.4. The molecule has 1 fully saturated rings. The SMILES string of the molecule is CC(NC(=O)C1CCN(C(=O)c2ccc(F)c(F)c2)CC1)c1ccccc1. The molecule has 0 radical (unpaired) electrons. The van der Waals surface area contributed by atoms with Gasteiger partial charge in [-0.05, 0) is 43.5 Å². The second-order valence-electron chi connectivity index (χ2n) is 6.84. The minimum atomic E-state index is -1.04. The Morgan fingerprint density at radius 1 is 1.04 bits per heavy atom. The van der Waals surface area contributed by atoms with Crippen molar-refractivity contribution in [3.63, 3.8) is 0 Å². The van der Waals surface area contributed by atoms with Gasteiger partial charge in [-0.3, -0.25) is 9.59 Å². The number of amides is 2. The van der Waals surface area contributed by atoms with Crippen LogP contribution < -0.4 is 5.32 Å².